The van der Waals surface area contributed by atoms with Crippen molar-refractivity contribution in [3.63, 3.8) is 0 Å². The highest BCUT2D eigenvalue weighted by atomic mass is 16.5. The van der Waals surface area contributed by atoms with E-state index in [1.807, 2.05) is 0 Å². The number of nitrogens with one attached hydrogen (secondary N) is 1. The Morgan fingerprint density at radius 2 is 2.55 bits per heavy atom. The Kier molecular flexibility index (Phi) is 1.79. The van der Waals surface area contributed by atoms with Gasteiger partial charge in [-0.25, -0.2) is 0 Å². The minimum Gasteiger partial charge on any atom is -0.356 e. The van der Waals surface area contributed by atoms with Crippen LogP contribution in [0.3, 0.4) is 0 Å². The highest BCUT2D eigenvalue weighted by molar-refractivity contribution is 4.99. The van der Waals surface area contributed by atoms with Crippen LogP contribution in [0.2, 0.25) is 0 Å². The second kappa shape index (κ2) is 2.94. The fourth-order valence-corrected chi connectivity index (χ4v) is 1.06. The van der Waals surface area contributed by atoms with E-state index < -0.39 is 0 Å². The topological polar surface area (TPSA) is 47.0 Å². The van der Waals surface area contributed by atoms with Gasteiger partial charge in [-0.15, -0.1) is 0 Å². The van der Waals surface area contributed by atoms with Gasteiger partial charge in [0.1, 0.15) is 5.69 Å². The molecule has 0 aliphatic carbocycles. The molecule has 1 saturated heterocycles. The Balaban J connectivity index is 2.16. The first-order chi connectivity index (χ1) is 5.47. The van der Waals surface area contributed by atoms with Crippen molar-refractivity contribution in [2.75, 3.05) is 13.2 Å². The second-order valence-electron chi connectivity index (χ2n) is 2.34. The molecule has 0 aromatic carbocycles. The molecule has 1 aliphatic heterocycles. The van der Waals surface area contributed by atoms with Crippen LogP contribution in [0.15, 0.2) is 18.6 Å². The zero-order valence-corrected chi connectivity index (χ0v) is 6.03. The molecule has 4 nitrogen and oxygen atoms in total. The van der Waals surface area contributed by atoms with E-state index in [9.17, 15) is 0 Å². The summed E-state index contributed by atoms with van der Waals surface area (Å²) >= 11 is 0. The molecule has 1 unspecified atom stereocenters. The van der Waals surface area contributed by atoms with Crippen LogP contribution in [0, 0.1) is 0 Å². The molecule has 1 N–H and O–H groups in total. The highest BCUT2D eigenvalue weighted by Crippen LogP contribution is 2.12. The van der Waals surface area contributed by atoms with Crippen molar-refractivity contribution < 1.29 is 4.74 Å². The quantitative estimate of drug-likeness (QED) is 0.618. The van der Waals surface area contributed by atoms with Gasteiger partial charge in [0.25, 0.3) is 0 Å². The summed E-state index contributed by atoms with van der Waals surface area (Å²) in [5.74, 6) is 0. The van der Waals surface area contributed by atoms with E-state index in [4.69, 9.17) is 4.74 Å². The van der Waals surface area contributed by atoms with E-state index in [0.717, 1.165) is 18.8 Å². The van der Waals surface area contributed by atoms with Gasteiger partial charge in [-0.2, -0.15) is 0 Å². The third-order valence-corrected chi connectivity index (χ3v) is 1.57. The smallest absolute Gasteiger partial charge is 0.153 e. The lowest BCUT2D eigenvalue weighted by molar-refractivity contribution is 0.0982. The number of hydrogen-bond acceptors (Lipinski definition) is 4. The standard InChI is InChI=1S/C7H9N3O/c1-2-9-6(5-8-1)7-10-3-4-11-7/h1-2,5,7,10H,3-4H2. The lowest BCUT2D eigenvalue weighted by atomic mass is 10.4. The summed E-state index contributed by atoms with van der Waals surface area (Å²) in [7, 11) is 0. The van der Waals surface area contributed by atoms with E-state index in [-0.39, 0.29) is 6.23 Å². The van der Waals surface area contributed by atoms with Gasteiger partial charge >= 0.3 is 0 Å². The van der Waals surface area contributed by atoms with Gasteiger partial charge in [-0.05, 0) is 0 Å². The van der Waals surface area contributed by atoms with Crippen LogP contribution >= 0.6 is 0 Å². The Morgan fingerprint density at radius 3 is 3.18 bits per heavy atom. The highest BCUT2D eigenvalue weighted by Gasteiger charge is 2.17. The van der Waals surface area contributed by atoms with Crippen LogP contribution in [-0.2, 0) is 4.74 Å². The zero-order chi connectivity index (χ0) is 7.52. The summed E-state index contributed by atoms with van der Waals surface area (Å²) in [6.45, 7) is 1.64. The number of aromatic nitrogens is 2. The van der Waals surface area contributed by atoms with Gasteiger partial charge in [0.2, 0.25) is 0 Å². The van der Waals surface area contributed by atoms with Crippen LogP contribution in [0.1, 0.15) is 11.9 Å². The minimum atomic E-state index is -0.0521. The third-order valence-electron chi connectivity index (χ3n) is 1.57. The normalized spacial score (nSPS) is 23.8. The summed E-state index contributed by atoms with van der Waals surface area (Å²) in [5.41, 5.74) is 0.852. The van der Waals surface area contributed by atoms with E-state index in [1.54, 1.807) is 18.6 Å². The summed E-state index contributed by atoms with van der Waals surface area (Å²) in [6, 6.07) is 0. The van der Waals surface area contributed by atoms with Crippen molar-refractivity contribution in [2.45, 2.75) is 6.23 Å². The average Bonchev–Trinajstić information content (AvgIpc) is 2.58. The van der Waals surface area contributed by atoms with Crippen molar-refractivity contribution in [2.24, 2.45) is 0 Å². The minimum absolute atomic E-state index is 0.0521. The predicted octanol–water partition coefficient (Wildman–Crippen LogP) is 0.0950. The number of ether oxygens (including phenoxy) is 1. The van der Waals surface area contributed by atoms with Crippen molar-refractivity contribution in [3.05, 3.63) is 24.3 Å². The summed E-state index contributed by atoms with van der Waals surface area (Å²) in [4.78, 5) is 8.06. The van der Waals surface area contributed by atoms with Crippen LogP contribution < -0.4 is 5.32 Å². The molecule has 1 fully saturated rings. The largest absolute Gasteiger partial charge is 0.356 e. The Labute approximate surface area is 64.6 Å². The fraction of sp³-hybridized carbons (Fsp3) is 0.429. The molecule has 4 heteroatoms. The van der Waals surface area contributed by atoms with E-state index >= 15 is 0 Å². The first-order valence-electron chi connectivity index (χ1n) is 3.58. The third kappa shape index (κ3) is 1.36. The zero-order valence-electron chi connectivity index (χ0n) is 6.03. The monoisotopic (exact) mass is 151 g/mol. The van der Waals surface area contributed by atoms with Gasteiger partial charge in [0.05, 0.1) is 12.8 Å². The van der Waals surface area contributed by atoms with Gasteiger partial charge in [0.15, 0.2) is 6.23 Å². The molecule has 1 atom stereocenters. The molecule has 1 aromatic rings. The van der Waals surface area contributed by atoms with Crippen LogP contribution in [0.5, 0.6) is 0 Å². The maximum Gasteiger partial charge on any atom is 0.153 e. The van der Waals surface area contributed by atoms with E-state index in [1.165, 1.54) is 0 Å². The molecule has 2 heterocycles. The Hall–Kier alpha value is -1.00. The van der Waals surface area contributed by atoms with Gasteiger partial charge in [-0.1, -0.05) is 0 Å². The molecular weight excluding hydrogens is 142 g/mol. The number of nitrogens with zero attached hydrogens (tertiary/aromatic N) is 2. The number of rotatable bonds is 1. The fourth-order valence-electron chi connectivity index (χ4n) is 1.06. The molecule has 58 valence electrons. The van der Waals surface area contributed by atoms with Gasteiger partial charge in [0, 0.05) is 18.9 Å². The van der Waals surface area contributed by atoms with Crippen LogP contribution in [-0.4, -0.2) is 23.1 Å². The number of hydrogen-bond donors (Lipinski definition) is 1. The molecule has 0 spiro atoms. The molecule has 11 heavy (non-hydrogen) atoms. The summed E-state index contributed by atoms with van der Waals surface area (Å²) in [6.07, 6.45) is 4.98. The first kappa shape index (κ1) is 6.69. The molecule has 0 radical (unpaired) electrons. The lowest BCUT2D eigenvalue weighted by Gasteiger charge is -2.06. The summed E-state index contributed by atoms with van der Waals surface area (Å²) < 4.78 is 5.33. The Morgan fingerprint density at radius 1 is 1.55 bits per heavy atom. The molecule has 1 aliphatic rings. The van der Waals surface area contributed by atoms with Crippen LogP contribution in [0.4, 0.5) is 0 Å². The van der Waals surface area contributed by atoms with Crippen LogP contribution in [0.25, 0.3) is 0 Å². The lowest BCUT2D eigenvalue weighted by Crippen LogP contribution is -2.15. The molecule has 0 amide bonds. The maximum atomic E-state index is 5.33. The van der Waals surface area contributed by atoms with Gasteiger partial charge in [-0.3, -0.25) is 15.3 Å². The predicted molar refractivity (Wildman–Crippen MR) is 38.7 cm³/mol. The van der Waals surface area contributed by atoms with Crippen molar-refractivity contribution >= 4 is 0 Å². The maximum absolute atomic E-state index is 5.33. The molecule has 2 rings (SSSR count). The SMILES string of the molecule is c1cnc(C2NCCO2)cn1. The second-order valence-corrected chi connectivity index (χ2v) is 2.34. The van der Waals surface area contributed by atoms with E-state index in [0.29, 0.717) is 0 Å². The molecular formula is C7H9N3O. The first-order valence-corrected chi connectivity index (χ1v) is 3.58. The summed E-state index contributed by atoms with van der Waals surface area (Å²) in [5, 5.41) is 3.15. The molecule has 0 saturated carbocycles. The van der Waals surface area contributed by atoms with E-state index in [2.05, 4.69) is 15.3 Å². The van der Waals surface area contributed by atoms with Crippen molar-refractivity contribution in [3.8, 4) is 0 Å². The Bertz CT molecular complexity index is 220. The van der Waals surface area contributed by atoms with Crippen molar-refractivity contribution in [1.82, 2.24) is 15.3 Å². The van der Waals surface area contributed by atoms with Gasteiger partial charge < -0.3 is 4.74 Å². The average molecular weight is 151 g/mol. The molecule has 1 aromatic heterocycles. The van der Waals surface area contributed by atoms with Crippen molar-refractivity contribution in [1.29, 1.82) is 0 Å². The molecule has 0 bridgehead atoms.